The van der Waals surface area contributed by atoms with E-state index in [1.807, 2.05) is 12.1 Å². The molecule has 34 heavy (non-hydrogen) atoms. The van der Waals surface area contributed by atoms with E-state index < -0.39 is 4.92 Å². The molecule has 0 spiro atoms. The van der Waals surface area contributed by atoms with Crippen molar-refractivity contribution in [3.8, 4) is 0 Å². The van der Waals surface area contributed by atoms with Crippen LogP contribution in [0.1, 0.15) is 12.6 Å². The second kappa shape index (κ2) is 9.72. The fourth-order valence-corrected chi connectivity index (χ4v) is 4.40. The van der Waals surface area contributed by atoms with Gasteiger partial charge in [-0.25, -0.2) is 4.99 Å². The predicted molar refractivity (Wildman–Crippen MR) is 128 cm³/mol. The fourth-order valence-electron chi connectivity index (χ4n) is 4.17. The van der Waals surface area contributed by atoms with Gasteiger partial charge in [0.1, 0.15) is 11.5 Å². The van der Waals surface area contributed by atoms with Crippen LogP contribution in [-0.2, 0) is 4.79 Å². The normalized spacial score (nSPS) is 19.1. The number of nitrogens with zero attached hydrogens (tertiary/aromatic N) is 6. The summed E-state index contributed by atoms with van der Waals surface area (Å²) in [6.45, 7) is 3.60. The van der Waals surface area contributed by atoms with E-state index in [1.54, 1.807) is 24.4 Å². The second-order valence-corrected chi connectivity index (χ2v) is 8.53. The molecule has 1 amide bonds. The Morgan fingerprint density at radius 1 is 1.12 bits per heavy atom. The maximum atomic E-state index is 13.4. The van der Waals surface area contributed by atoms with Crippen LogP contribution in [0, 0.1) is 10.1 Å². The molecule has 1 saturated heterocycles. The number of piperazine rings is 1. The van der Waals surface area contributed by atoms with E-state index in [4.69, 9.17) is 16.6 Å². The Labute approximate surface area is 215 Å². The average molecular weight is 473 g/mol. The fraction of sp³-hybridized carbons (Fsp3) is 0.261. The van der Waals surface area contributed by atoms with E-state index in [2.05, 4.69) is 21.8 Å². The molecular formula is C23H22ClLiN6O3. The van der Waals surface area contributed by atoms with E-state index >= 15 is 0 Å². The SMILES string of the molecule is CN1CCN(/C=C2\N=C3CN=C(c4ccccc4Cl)c4cc([N+](=O)[O-])ccc4N3C2=O)CC1.[H-].[Li+]. The number of likely N-dealkylation sites (N-methyl/N-ethyl adjacent to an activating group) is 1. The number of amides is 1. The summed E-state index contributed by atoms with van der Waals surface area (Å²) in [5.41, 5.74) is 2.36. The molecule has 0 aliphatic carbocycles. The number of carbonyl (C=O) groups is 1. The number of aliphatic imine (C=N–C) groups is 2. The molecule has 0 saturated carbocycles. The minimum absolute atomic E-state index is 0. The van der Waals surface area contributed by atoms with Crippen LogP contribution in [0.25, 0.3) is 0 Å². The molecule has 1 fully saturated rings. The number of non-ortho nitro benzene ring substituents is 1. The van der Waals surface area contributed by atoms with Crippen LogP contribution in [0.3, 0.4) is 0 Å². The largest absolute Gasteiger partial charge is 1.00 e. The molecule has 3 aliphatic rings. The number of nitro benzene ring substituents is 1. The first-order valence-electron chi connectivity index (χ1n) is 10.6. The van der Waals surface area contributed by atoms with Gasteiger partial charge in [-0.05, 0) is 19.2 Å². The molecule has 0 unspecified atom stereocenters. The van der Waals surface area contributed by atoms with E-state index in [-0.39, 0.29) is 38.4 Å². The van der Waals surface area contributed by atoms with E-state index in [0.29, 0.717) is 39.1 Å². The molecule has 11 heteroatoms. The molecule has 2 aromatic rings. The first-order valence-corrected chi connectivity index (χ1v) is 10.9. The van der Waals surface area contributed by atoms with Crippen LogP contribution in [0.4, 0.5) is 11.4 Å². The number of benzene rings is 2. The summed E-state index contributed by atoms with van der Waals surface area (Å²) in [5.74, 6) is 0.215. The molecule has 3 aliphatic heterocycles. The van der Waals surface area contributed by atoms with Crippen molar-refractivity contribution in [2.75, 3.05) is 44.7 Å². The first-order chi connectivity index (χ1) is 15.9. The summed E-state index contributed by atoms with van der Waals surface area (Å²) in [4.78, 5) is 39.6. The van der Waals surface area contributed by atoms with Gasteiger partial charge in [-0.3, -0.25) is 24.8 Å². The summed E-state index contributed by atoms with van der Waals surface area (Å²) >= 11 is 6.43. The van der Waals surface area contributed by atoms with Crippen LogP contribution in [-0.4, -0.2) is 71.9 Å². The second-order valence-electron chi connectivity index (χ2n) is 8.13. The van der Waals surface area contributed by atoms with E-state index in [9.17, 15) is 14.9 Å². The Balaban J connectivity index is 0.00000171. The summed E-state index contributed by atoms with van der Waals surface area (Å²) in [5, 5.41) is 12.0. The molecule has 0 bridgehead atoms. The van der Waals surface area contributed by atoms with Gasteiger partial charge in [0.25, 0.3) is 11.6 Å². The van der Waals surface area contributed by atoms with Gasteiger partial charge in [-0.2, -0.15) is 0 Å². The predicted octanol–water partition coefficient (Wildman–Crippen LogP) is 0.0496. The van der Waals surface area contributed by atoms with Crippen molar-refractivity contribution in [3.63, 3.8) is 0 Å². The Morgan fingerprint density at radius 2 is 1.85 bits per heavy atom. The summed E-state index contributed by atoms with van der Waals surface area (Å²) in [6, 6.07) is 11.6. The van der Waals surface area contributed by atoms with Crippen molar-refractivity contribution in [3.05, 3.63) is 80.6 Å². The Hall–Kier alpha value is -2.96. The Kier molecular flexibility index (Phi) is 6.91. The van der Waals surface area contributed by atoms with Crippen molar-refractivity contribution >= 4 is 40.4 Å². The van der Waals surface area contributed by atoms with Gasteiger partial charge in [0, 0.05) is 60.7 Å². The van der Waals surface area contributed by atoms with Gasteiger partial charge in [-0.15, -0.1) is 0 Å². The van der Waals surface area contributed by atoms with Crippen LogP contribution < -0.4 is 23.8 Å². The number of hydrogen-bond acceptors (Lipinski definition) is 7. The molecule has 170 valence electrons. The average Bonchev–Trinajstić information content (AvgIpc) is 3.01. The third kappa shape index (κ3) is 4.40. The van der Waals surface area contributed by atoms with Crippen LogP contribution in [0.5, 0.6) is 0 Å². The van der Waals surface area contributed by atoms with Crippen LogP contribution in [0.2, 0.25) is 5.02 Å². The minimum Gasteiger partial charge on any atom is -1.00 e. The Morgan fingerprint density at radius 3 is 2.56 bits per heavy atom. The number of nitro groups is 1. The molecule has 5 rings (SSSR count). The van der Waals surface area contributed by atoms with Gasteiger partial charge in [0.15, 0.2) is 0 Å². The van der Waals surface area contributed by atoms with Crippen molar-refractivity contribution in [2.45, 2.75) is 0 Å². The Bertz CT molecular complexity index is 1260. The van der Waals surface area contributed by atoms with E-state index in [0.717, 1.165) is 26.2 Å². The molecule has 0 radical (unpaired) electrons. The third-order valence-corrected chi connectivity index (χ3v) is 6.30. The minimum atomic E-state index is -0.463. The van der Waals surface area contributed by atoms with Crippen molar-refractivity contribution < 1.29 is 30.0 Å². The zero-order chi connectivity index (χ0) is 23.1. The van der Waals surface area contributed by atoms with Crippen molar-refractivity contribution in [2.24, 2.45) is 9.98 Å². The summed E-state index contributed by atoms with van der Waals surface area (Å²) < 4.78 is 0. The summed E-state index contributed by atoms with van der Waals surface area (Å²) in [7, 11) is 2.07. The number of amidine groups is 1. The number of hydrogen-bond donors (Lipinski definition) is 0. The molecule has 3 heterocycles. The van der Waals surface area contributed by atoms with Gasteiger partial charge < -0.3 is 11.2 Å². The maximum Gasteiger partial charge on any atom is 1.00 e. The zero-order valence-corrected chi connectivity index (χ0v) is 19.7. The molecule has 2 aromatic carbocycles. The third-order valence-electron chi connectivity index (χ3n) is 5.97. The first kappa shape index (κ1) is 24.2. The quantitative estimate of drug-likeness (QED) is 0.272. The molecule has 9 nitrogen and oxygen atoms in total. The van der Waals surface area contributed by atoms with E-state index in [1.165, 1.54) is 17.0 Å². The zero-order valence-electron chi connectivity index (χ0n) is 19.9. The maximum absolute atomic E-state index is 13.4. The molecule has 0 N–H and O–H groups in total. The number of rotatable bonds is 3. The van der Waals surface area contributed by atoms with Gasteiger partial charge in [0.05, 0.1) is 22.9 Å². The molecule has 0 aromatic heterocycles. The standard InChI is InChI=1S/C23H21ClN6O3.Li.H/c1-27-8-10-28(11-9-27)14-19-23(31)29-20-7-6-15(30(32)33)12-17(20)22(25-13-21(29)26-19)16-4-2-3-5-18(16)24;;/h2-7,12,14H,8-11,13H2,1H3;;/q;+1;-1/b19-14-;;. The van der Waals surface area contributed by atoms with Gasteiger partial charge in [-0.1, -0.05) is 29.8 Å². The number of halogens is 1. The van der Waals surface area contributed by atoms with Gasteiger partial charge in [0.2, 0.25) is 0 Å². The number of fused-ring (bicyclic) bond motifs is 3. The number of anilines is 1. The van der Waals surface area contributed by atoms with Crippen LogP contribution >= 0.6 is 11.6 Å². The number of carbonyl (C=O) groups excluding carboxylic acids is 1. The molecular weight excluding hydrogens is 451 g/mol. The summed E-state index contributed by atoms with van der Waals surface area (Å²) in [6.07, 6.45) is 1.81. The van der Waals surface area contributed by atoms with Gasteiger partial charge >= 0.3 is 18.9 Å². The monoisotopic (exact) mass is 472 g/mol. The van der Waals surface area contributed by atoms with Crippen molar-refractivity contribution in [1.29, 1.82) is 0 Å². The van der Waals surface area contributed by atoms with Crippen molar-refractivity contribution in [1.82, 2.24) is 9.80 Å². The van der Waals surface area contributed by atoms with Crippen LogP contribution in [0.15, 0.2) is 64.3 Å². The molecule has 0 atom stereocenters. The smallest absolute Gasteiger partial charge is 1.00 e. The topological polar surface area (TPSA) is 94.7 Å².